The van der Waals surface area contributed by atoms with Crippen LogP contribution in [0.3, 0.4) is 0 Å². The van der Waals surface area contributed by atoms with E-state index in [9.17, 15) is 4.79 Å². The lowest BCUT2D eigenvalue weighted by atomic mass is 9.92. The summed E-state index contributed by atoms with van der Waals surface area (Å²) < 4.78 is 5.86. The van der Waals surface area contributed by atoms with Crippen LogP contribution in [0.1, 0.15) is 44.2 Å². The number of para-hydroxylation sites is 1. The van der Waals surface area contributed by atoms with Crippen molar-refractivity contribution in [2.45, 2.75) is 44.6 Å². The molecular weight excluding hydrogens is 352 g/mol. The molecule has 2 fully saturated rings. The summed E-state index contributed by atoms with van der Waals surface area (Å²) in [6.45, 7) is 5.56. The highest BCUT2D eigenvalue weighted by Gasteiger charge is 2.30. The Labute approximate surface area is 166 Å². The van der Waals surface area contributed by atoms with Crippen molar-refractivity contribution in [1.29, 1.82) is 0 Å². The lowest BCUT2D eigenvalue weighted by Crippen LogP contribution is -2.49. The molecule has 2 aliphatic rings. The van der Waals surface area contributed by atoms with Crippen LogP contribution in [0.4, 0.5) is 0 Å². The smallest absolute Gasteiger partial charge is 0.238 e. The van der Waals surface area contributed by atoms with Crippen LogP contribution >= 0.6 is 0 Å². The molecule has 0 saturated carbocycles. The molecule has 148 valence electrons. The van der Waals surface area contributed by atoms with E-state index in [2.05, 4.69) is 9.88 Å². The predicted octanol–water partition coefficient (Wildman–Crippen LogP) is 3.46. The Kier molecular flexibility index (Phi) is 5.86. The first-order valence-corrected chi connectivity index (χ1v) is 10.2. The highest BCUT2D eigenvalue weighted by atomic mass is 16.5. The number of carbonyl (C=O) groups excluding carboxylic acids is 1. The van der Waals surface area contributed by atoms with Gasteiger partial charge in [0.1, 0.15) is 5.75 Å². The molecule has 6 nitrogen and oxygen atoms in total. The molecule has 1 atom stereocenters. The molecule has 2 saturated heterocycles. The number of amides is 1. The Balaban J connectivity index is 1.39. The average molecular weight is 380 g/mol. The van der Waals surface area contributed by atoms with Gasteiger partial charge in [0.15, 0.2) is 0 Å². The van der Waals surface area contributed by atoms with Crippen LogP contribution in [0, 0.1) is 0 Å². The first-order chi connectivity index (χ1) is 13.7. The summed E-state index contributed by atoms with van der Waals surface area (Å²) >= 11 is 0. The molecule has 0 unspecified atom stereocenters. The Bertz CT molecular complexity index is 790. The Morgan fingerprint density at radius 1 is 1.07 bits per heavy atom. The van der Waals surface area contributed by atoms with E-state index >= 15 is 0 Å². The van der Waals surface area contributed by atoms with Crippen LogP contribution in [0.25, 0.3) is 0 Å². The van der Waals surface area contributed by atoms with Crippen LogP contribution < -0.4 is 4.74 Å². The molecule has 0 aliphatic carbocycles. The molecule has 3 heterocycles. The van der Waals surface area contributed by atoms with Gasteiger partial charge in [-0.05, 0) is 44.4 Å². The summed E-state index contributed by atoms with van der Waals surface area (Å²) in [4.78, 5) is 25.2. The molecule has 1 amide bonds. The van der Waals surface area contributed by atoms with Gasteiger partial charge in [0, 0.05) is 44.7 Å². The van der Waals surface area contributed by atoms with E-state index in [1.54, 1.807) is 13.1 Å². The predicted molar refractivity (Wildman–Crippen MR) is 107 cm³/mol. The maximum absolute atomic E-state index is 11.6. The van der Waals surface area contributed by atoms with Crippen molar-refractivity contribution in [3.8, 4) is 11.6 Å². The van der Waals surface area contributed by atoms with E-state index in [0.29, 0.717) is 17.8 Å². The third kappa shape index (κ3) is 4.50. The number of ether oxygens (including phenoxy) is 1. The molecule has 2 aliphatic heterocycles. The first kappa shape index (κ1) is 18.9. The van der Waals surface area contributed by atoms with Crippen molar-refractivity contribution < 1.29 is 9.53 Å². The number of hydrogen-bond donors (Lipinski definition) is 0. The Morgan fingerprint density at radius 3 is 2.61 bits per heavy atom. The first-order valence-electron chi connectivity index (χ1n) is 10.2. The topological polar surface area (TPSA) is 58.6 Å². The zero-order chi connectivity index (χ0) is 19.3. The Hall–Kier alpha value is -2.47. The quantitative estimate of drug-likeness (QED) is 0.813. The van der Waals surface area contributed by atoms with Gasteiger partial charge in [-0.15, -0.1) is 0 Å². The third-order valence-electron chi connectivity index (χ3n) is 5.89. The summed E-state index contributed by atoms with van der Waals surface area (Å²) in [6.07, 6.45) is 7.98. The van der Waals surface area contributed by atoms with E-state index in [-0.39, 0.29) is 5.91 Å². The fourth-order valence-electron chi connectivity index (χ4n) is 4.34. The highest BCUT2D eigenvalue weighted by Crippen LogP contribution is 2.30. The van der Waals surface area contributed by atoms with Crippen LogP contribution in [0.2, 0.25) is 0 Å². The zero-order valence-corrected chi connectivity index (χ0v) is 16.5. The summed E-state index contributed by atoms with van der Waals surface area (Å²) in [5.41, 5.74) is 1.01. The Morgan fingerprint density at radius 2 is 1.86 bits per heavy atom. The van der Waals surface area contributed by atoms with Gasteiger partial charge in [-0.2, -0.15) is 0 Å². The number of hydrogen-bond acceptors (Lipinski definition) is 5. The van der Waals surface area contributed by atoms with Crippen molar-refractivity contribution in [2.24, 2.45) is 0 Å². The van der Waals surface area contributed by atoms with Crippen molar-refractivity contribution in [3.63, 3.8) is 0 Å². The highest BCUT2D eigenvalue weighted by molar-refractivity contribution is 5.73. The molecular formula is C22H28N4O2. The summed E-state index contributed by atoms with van der Waals surface area (Å²) in [7, 11) is 0. The number of piperidine rings is 2. The van der Waals surface area contributed by atoms with Gasteiger partial charge in [-0.25, -0.2) is 4.98 Å². The summed E-state index contributed by atoms with van der Waals surface area (Å²) in [6, 6.07) is 10.3. The van der Waals surface area contributed by atoms with E-state index < -0.39 is 0 Å². The summed E-state index contributed by atoms with van der Waals surface area (Å²) in [5, 5.41) is 0. The van der Waals surface area contributed by atoms with Gasteiger partial charge in [-0.1, -0.05) is 18.2 Å². The maximum atomic E-state index is 11.6. The van der Waals surface area contributed by atoms with Crippen molar-refractivity contribution in [2.75, 3.05) is 26.2 Å². The minimum absolute atomic E-state index is 0.195. The van der Waals surface area contributed by atoms with E-state index in [0.717, 1.165) is 56.9 Å². The van der Waals surface area contributed by atoms with Crippen LogP contribution in [0.5, 0.6) is 11.6 Å². The van der Waals surface area contributed by atoms with Gasteiger partial charge in [0.2, 0.25) is 11.8 Å². The summed E-state index contributed by atoms with van der Waals surface area (Å²) in [5.74, 6) is 1.90. The fourth-order valence-corrected chi connectivity index (χ4v) is 4.34. The lowest BCUT2D eigenvalue weighted by Gasteiger charge is -2.42. The number of rotatable bonds is 4. The molecule has 0 spiro atoms. The fraction of sp³-hybridized carbons (Fsp3) is 0.500. The second-order valence-electron chi connectivity index (χ2n) is 7.77. The molecule has 28 heavy (non-hydrogen) atoms. The number of nitrogens with zero attached hydrogens (tertiary/aromatic N) is 4. The van der Waals surface area contributed by atoms with Crippen molar-refractivity contribution >= 4 is 5.91 Å². The molecule has 1 aromatic heterocycles. The number of aromatic nitrogens is 2. The molecule has 0 radical (unpaired) electrons. The third-order valence-corrected chi connectivity index (χ3v) is 5.89. The van der Waals surface area contributed by atoms with Crippen LogP contribution in [-0.4, -0.2) is 57.9 Å². The molecule has 6 heteroatoms. The average Bonchev–Trinajstić information content (AvgIpc) is 2.75. The van der Waals surface area contributed by atoms with Crippen molar-refractivity contribution in [1.82, 2.24) is 19.8 Å². The molecule has 1 aromatic carbocycles. The monoisotopic (exact) mass is 380 g/mol. The van der Waals surface area contributed by atoms with Gasteiger partial charge in [-0.3, -0.25) is 14.7 Å². The van der Waals surface area contributed by atoms with Gasteiger partial charge in [0.05, 0.1) is 11.9 Å². The number of likely N-dealkylation sites (tertiary alicyclic amines) is 2. The van der Waals surface area contributed by atoms with Crippen LogP contribution in [0.15, 0.2) is 42.7 Å². The SMILES string of the molecule is CC(=O)N1CCC(N2CCC[C@H](c3cncc(Oc4ccccc4)n3)C2)CC1. The zero-order valence-electron chi connectivity index (χ0n) is 16.5. The number of carbonyl (C=O) groups is 1. The van der Waals surface area contributed by atoms with Gasteiger partial charge in [0.25, 0.3) is 0 Å². The second-order valence-corrected chi connectivity index (χ2v) is 7.77. The standard InChI is InChI=1S/C22H28N4O2/c1-17(27)25-12-9-19(10-13-25)26-11-5-6-18(16-26)21-14-23-15-22(24-21)28-20-7-3-2-4-8-20/h2-4,7-8,14-15,18-19H,5-6,9-13,16H2,1H3/t18-/m0/s1. The minimum atomic E-state index is 0.195. The maximum Gasteiger partial charge on any atom is 0.238 e. The van der Waals surface area contributed by atoms with E-state index in [4.69, 9.17) is 9.72 Å². The number of benzene rings is 1. The molecule has 4 rings (SSSR count). The molecule has 0 bridgehead atoms. The van der Waals surface area contributed by atoms with Gasteiger partial charge < -0.3 is 9.64 Å². The lowest BCUT2D eigenvalue weighted by molar-refractivity contribution is -0.130. The van der Waals surface area contributed by atoms with Crippen LogP contribution in [-0.2, 0) is 4.79 Å². The second kappa shape index (κ2) is 8.69. The molecule has 0 N–H and O–H groups in total. The largest absolute Gasteiger partial charge is 0.437 e. The minimum Gasteiger partial charge on any atom is -0.437 e. The normalized spacial score (nSPS) is 21.5. The van der Waals surface area contributed by atoms with Gasteiger partial charge >= 0.3 is 0 Å². The molecule has 2 aromatic rings. The van der Waals surface area contributed by atoms with Crippen molar-refractivity contribution in [3.05, 3.63) is 48.4 Å². The van der Waals surface area contributed by atoms with E-state index in [1.165, 1.54) is 6.42 Å². The van der Waals surface area contributed by atoms with E-state index in [1.807, 2.05) is 41.4 Å².